The van der Waals surface area contributed by atoms with Crippen molar-refractivity contribution in [3.05, 3.63) is 0 Å². The molecule has 0 saturated carbocycles. The van der Waals surface area contributed by atoms with Crippen LogP contribution in [0.4, 0.5) is 0 Å². The van der Waals surface area contributed by atoms with Crippen LogP contribution < -0.4 is 0 Å². The van der Waals surface area contributed by atoms with Crippen molar-refractivity contribution in [2.24, 2.45) is 0 Å². The first kappa shape index (κ1) is 20.6. The molecule has 21 heavy (non-hydrogen) atoms. The van der Waals surface area contributed by atoms with E-state index in [2.05, 4.69) is 0 Å². The van der Waals surface area contributed by atoms with Crippen LogP contribution >= 0.6 is 8.58 Å². The normalized spacial score (nSPS) is 11.3. The van der Waals surface area contributed by atoms with Gasteiger partial charge >= 0.3 is 0 Å². The van der Waals surface area contributed by atoms with Crippen molar-refractivity contribution >= 4 is 20.4 Å². The summed E-state index contributed by atoms with van der Waals surface area (Å²) >= 11 is 0. The van der Waals surface area contributed by atoms with Crippen molar-refractivity contribution in [3.8, 4) is 0 Å². The third-order valence-electron chi connectivity index (χ3n) is 2.15. The molecule has 0 radical (unpaired) electrons. The lowest BCUT2D eigenvalue weighted by atomic mass is 10.7. The number of methoxy groups -OCH3 is 1. The molecule has 0 aromatic carbocycles. The summed E-state index contributed by atoms with van der Waals surface area (Å²) in [5.41, 5.74) is 0.117. The average Bonchev–Trinajstić information content (AvgIpc) is 2.48. The third-order valence-corrected chi connectivity index (χ3v) is 3.14. The van der Waals surface area contributed by atoms with Crippen LogP contribution in [0.5, 0.6) is 0 Å². The summed E-state index contributed by atoms with van der Waals surface area (Å²) in [6.45, 7) is 3.68. The highest BCUT2D eigenvalue weighted by Crippen LogP contribution is 2.10. The molecule has 1 unspecified atom stereocenters. The fourth-order valence-corrected chi connectivity index (χ4v) is 2.01. The molecule has 0 aliphatic rings. The largest absolute Gasteiger partial charge is 0.379 e. The highest BCUT2D eigenvalue weighted by molar-refractivity contribution is 7.57. The first-order valence-electron chi connectivity index (χ1n) is 6.81. The van der Waals surface area contributed by atoms with Crippen molar-refractivity contribution in [1.29, 1.82) is 0 Å². The van der Waals surface area contributed by atoms with Gasteiger partial charge in [-0.25, -0.2) is 0 Å². The van der Waals surface area contributed by atoms with E-state index < -0.39 is 0 Å². The number of aldehydes is 1. The third kappa shape index (κ3) is 17.5. The van der Waals surface area contributed by atoms with Crippen LogP contribution in [0.3, 0.4) is 0 Å². The molecule has 0 saturated heterocycles. The second-order valence-electron chi connectivity index (χ2n) is 3.86. The van der Waals surface area contributed by atoms with Gasteiger partial charge in [-0.05, 0) is 14.7 Å². The molecule has 0 spiro atoms. The number of carbonyl (C=O) groups excluding carboxylic acids is 2. The van der Waals surface area contributed by atoms with E-state index in [9.17, 15) is 9.59 Å². The fourth-order valence-electron chi connectivity index (χ4n) is 1.24. The van der Waals surface area contributed by atoms with Crippen molar-refractivity contribution in [2.45, 2.75) is 0 Å². The average molecular weight is 324 g/mol. The Kier molecular flexibility index (Phi) is 17.3. The minimum atomic E-state index is 0.106. The van der Waals surface area contributed by atoms with E-state index in [1.54, 1.807) is 0 Å². The first-order chi connectivity index (χ1) is 10.3. The second kappa shape index (κ2) is 17.6. The topological polar surface area (TPSA) is 80.3 Å². The van der Waals surface area contributed by atoms with Crippen molar-refractivity contribution in [1.82, 2.24) is 0 Å². The molecule has 124 valence electrons. The maximum atomic E-state index is 11.1. The van der Waals surface area contributed by atoms with E-state index in [0.717, 1.165) is 6.16 Å². The predicted octanol–water partition coefficient (Wildman–Crippen LogP) is 0.103. The van der Waals surface area contributed by atoms with Gasteiger partial charge in [-0.3, -0.25) is 4.79 Å². The minimum absolute atomic E-state index is 0.106. The van der Waals surface area contributed by atoms with Gasteiger partial charge in [0.15, 0.2) is 5.52 Å². The molecule has 0 N–H and O–H groups in total. The Hall–Kier alpha value is -0.430. The van der Waals surface area contributed by atoms with Gasteiger partial charge in [-0.15, -0.1) is 0 Å². The standard InChI is InChI=1S/C13H25O7P/c1-16-12-13(15)21-11-10-20-9-8-19-7-6-18-5-4-17-3-2-14/h2,21H,3-12H2,1H3. The quantitative estimate of drug-likeness (QED) is 0.213. The highest BCUT2D eigenvalue weighted by Gasteiger charge is 1.99. The Morgan fingerprint density at radius 3 is 1.95 bits per heavy atom. The summed E-state index contributed by atoms with van der Waals surface area (Å²) in [5, 5.41) is 0. The fraction of sp³-hybridized carbons (Fsp3) is 0.846. The number of ether oxygens (including phenoxy) is 5. The Balaban J connectivity index is 3.02. The summed E-state index contributed by atoms with van der Waals surface area (Å²) in [5.74, 6) is 0. The van der Waals surface area contributed by atoms with Crippen molar-refractivity contribution in [3.63, 3.8) is 0 Å². The van der Waals surface area contributed by atoms with E-state index >= 15 is 0 Å². The van der Waals surface area contributed by atoms with Gasteiger partial charge in [-0.1, -0.05) is 0 Å². The van der Waals surface area contributed by atoms with Gasteiger partial charge < -0.3 is 28.5 Å². The smallest absolute Gasteiger partial charge is 0.176 e. The molecule has 0 amide bonds. The van der Waals surface area contributed by atoms with Gasteiger partial charge in [0.1, 0.15) is 19.5 Å². The lowest BCUT2D eigenvalue weighted by Gasteiger charge is -2.06. The Bertz CT molecular complexity index is 251. The molecule has 0 aromatic rings. The summed E-state index contributed by atoms with van der Waals surface area (Å²) in [7, 11) is 1.75. The second-order valence-corrected chi connectivity index (χ2v) is 5.27. The van der Waals surface area contributed by atoms with Crippen LogP contribution in [0, 0.1) is 0 Å². The molecule has 0 fully saturated rings. The van der Waals surface area contributed by atoms with Crippen LogP contribution in [-0.4, -0.2) is 84.5 Å². The molecule has 0 bridgehead atoms. The summed E-state index contributed by atoms with van der Waals surface area (Å²) in [6.07, 6.45) is 1.43. The summed E-state index contributed by atoms with van der Waals surface area (Å²) < 4.78 is 25.5. The molecule has 0 aliphatic carbocycles. The zero-order chi connectivity index (χ0) is 15.6. The number of hydrogen-bond donors (Lipinski definition) is 0. The minimum Gasteiger partial charge on any atom is -0.379 e. The van der Waals surface area contributed by atoms with E-state index in [1.807, 2.05) is 0 Å². The number of hydrogen-bond acceptors (Lipinski definition) is 7. The van der Waals surface area contributed by atoms with E-state index in [4.69, 9.17) is 23.7 Å². The van der Waals surface area contributed by atoms with Crippen molar-refractivity contribution in [2.75, 3.05) is 72.7 Å². The monoisotopic (exact) mass is 324 g/mol. The molecule has 0 rings (SSSR count). The molecule has 7 nitrogen and oxygen atoms in total. The van der Waals surface area contributed by atoms with Crippen molar-refractivity contribution < 1.29 is 33.3 Å². The van der Waals surface area contributed by atoms with E-state index in [-0.39, 0.29) is 27.3 Å². The molecule has 0 aliphatic heterocycles. The molecule has 1 atom stereocenters. The predicted molar refractivity (Wildman–Crippen MR) is 79.4 cm³/mol. The van der Waals surface area contributed by atoms with Crippen LogP contribution in [0.2, 0.25) is 0 Å². The molecule has 0 heterocycles. The Labute approximate surface area is 127 Å². The lowest BCUT2D eigenvalue weighted by Crippen LogP contribution is -2.12. The molecule has 8 heteroatoms. The maximum absolute atomic E-state index is 11.1. The van der Waals surface area contributed by atoms with Crippen LogP contribution in [0.25, 0.3) is 0 Å². The van der Waals surface area contributed by atoms with Crippen LogP contribution in [-0.2, 0) is 33.3 Å². The van der Waals surface area contributed by atoms with Gasteiger partial charge in [0.2, 0.25) is 0 Å². The van der Waals surface area contributed by atoms with Gasteiger partial charge in [-0.2, -0.15) is 0 Å². The SMILES string of the molecule is COCC(=O)PCCOCCOCCOCCOCC=O. The van der Waals surface area contributed by atoms with Crippen LogP contribution in [0.15, 0.2) is 0 Å². The zero-order valence-electron chi connectivity index (χ0n) is 12.5. The zero-order valence-corrected chi connectivity index (χ0v) is 13.5. The molecular weight excluding hydrogens is 299 g/mol. The van der Waals surface area contributed by atoms with Gasteiger partial charge in [0, 0.05) is 7.11 Å². The van der Waals surface area contributed by atoms with Crippen LogP contribution in [0.1, 0.15) is 0 Å². The summed E-state index contributed by atoms with van der Waals surface area (Å²) in [6, 6.07) is 0. The van der Waals surface area contributed by atoms with Gasteiger partial charge in [0.05, 0.1) is 46.2 Å². The maximum Gasteiger partial charge on any atom is 0.176 e. The van der Waals surface area contributed by atoms with E-state index in [0.29, 0.717) is 52.5 Å². The van der Waals surface area contributed by atoms with E-state index in [1.165, 1.54) is 7.11 Å². The molecule has 0 aromatic heterocycles. The first-order valence-corrected chi connectivity index (χ1v) is 8.02. The Morgan fingerprint density at radius 1 is 0.905 bits per heavy atom. The lowest BCUT2D eigenvalue weighted by molar-refractivity contribution is -0.114. The van der Waals surface area contributed by atoms with Gasteiger partial charge in [0.25, 0.3) is 0 Å². The number of carbonyl (C=O) groups is 2. The Morgan fingerprint density at radius 2 is 1.43 bits per heavy atom. The molecular formula is C13H25O7P. The number of rotatable bonds is 17. The summed E-state index contributed by atoms with van der Waals surface area (Å²) in [4.78, 5) is 21.1. The highest BCUT2D eigenvalue weighted by atomic mass is 31.1.